The van der Waals surface area contributed by atoms with Crippen molar-refractivity contribution < 1.29 is 15.0 Å². The van der Waals surface area contributed by atoms with Crippen molar-refractivity contribution >= 4 is 5.97 Å². The Bertz CT molecular complexity index is 205. The Morgan fingerprint density at radius 2 is 2.23 bits per heavy atom. The number of hydrogen-bond donors (Lipinski definition) is 2. The molecule has 4 heteroatoms. The van der Waals surface area contributed by atoms with Crippen LogP contribution in [0.2, 0.25) is 0 Å². The SMILES string of the molecule is CC(C)N1CCC(O)(CC(=O)O)C1. The fourth-order valence-corrected chi connectivity index (χ4v) is 1.75. The molecule has 0 aromatic carbocycles. The Kier molecular flexibility index (Phi) is 2.93. The molecule has 76 valence electrons. The van der Waals surface area contributed by atoms with Crippen molar-refractivity contribution in [2.75, 3.05) is 13.1 Å². The lowest BCUT2D eigenvalue weighted by molar-refractivity contribution is -0.142. The minimum absolute atomic E-state index is 0.143. The Hall–Kier alpha value is -0.610. The second-order valence-electron chi connectivity index (χ2n) is 4.11. The highest BCUT2D eigenvalue weighted by molar-refractivity contribution is 5.68. The van der Waals surface area contributed by atoms with Gasteiger partial charge in [-0.05, 0) is 20.3 Å². The Balaban J connectivity index is 2.51. The summed E-state index contributed by atoms with van der Waals surface area (Å²) in [5.74, 6) is -0.923. The van der Waals surface area contributed by atoms with Gasteiger partial charge >= 0.3 is 5.97 Å². The molecule has 1 fully saturated rings. The molecule has 1 aliphatic rings. The first-order valence-electron chi connectivity index (χ1n) is 4.61. The molecular formula is C9H17NO3. The Labute approximate surface area is 78.2 Å². The molecular weight excluding hydrogens is 170 g/mol. The summed E-state index contributed by atoms with van der Waals surface area (Å²) >= 11 is 0. The predicted molar refractivity (Wildman–Crippen MR) is 48.5 cm³/mol. The maximum atomic E-state index is 10.5. The first-order chi connectivity index (χ1) is 5.93. The standard InChI is InChI=1S/C9H17NO3/c1-7(2)10-4-3-9(13,6-10)5-8(11)12/h7,13H,3-6H2,1-2H3,(H,11,12). The fraction of sp³-hybridized carbons (Fsp3) is 0.889. The summed E-state index contributed by atoms with van der Waals surface area (Å²) in [5.41, 5.74) is -1.00. The second kappa shape index (κ2) is 3.64. The fourth-order valence-electron chi connectivity index (χ4n) is 1.75. The maximum absolute atomic E-state index is 10.5. The highest BCUT2D eigenvalue weighted by Gasteiger charge is 2.38. The number of carboxylic acids is 1. The number of likely N-dealkylation sites (tertiary alicyclic amines) is 1. The lowest BCUT2D eigenvalue weighted by Crippen LogP contribution is -2.37. The van der Waals surface area contributed by atoms with E-state index < -0.39 is 11.6 Å². The van der Waals surface area contributed by atoms with Gasteiger partial charge in [-0.3, -0.25) is 9.69 Å². The monoisotopic (exact) mass is 187 g/mol. The number of carbonyl (C=O) groups is 1. The van der Waals surface area contributed by atoms with Crippen LogP contribution >= 0.6 is 0 Å². The van der Waals surface area contributed by atoms with E-state index in [1.54, 1.807) is 0 Å². The van der Waals surface area contributed by atoms with Crippen LogP contribution in [0.4, 0.5) is 0 Å². The van der Waals surface area contributed by atoms with E-state index in [1.165, 1.54) is 0 Å². The molecule has 13 heavy (non-hydrogen) atoms. The van der Waals surface area contributed by atoms with Crippen LogP contribution in [0.3, 0.4) is 0 Å². The summed E-state index contributed by atoms with van der Waals surface area (Å²) in [6, 6.07) is 0.378. The minimum Gasteiger partial charge on any atom is -0.481 e. The van der Waals surface area contributed by atoms with Gasteiger partial charge < -0.3 is 10.2 Å². The van der Waals surface area contributed by atoms with Crippen molar-refractivity contribution in [2.45, 2.75) is 38.3 Å². The zero-order valence-electron chi connectivity index (χ0n) is 8.16. The van der Waals surface area contributed by atoms with Crippen LogP contribution < -0.4 is 0 Å². The van der Waals surface area contributed by atoms with Gasteiger partial charge in [-0.2, -0.15) is 0 Å². The first-order valence-corrected chi connectivity index (χ1v) is 4.61. The molecule has 0 spiro atoms. The van der Waals surface area contributed by atoms with Gasteiger partial charge in [0.1, 0.15) is 0 Å². The molecule has 0 aromatic rings. The molecule has 0 aliphatic carbocycles. The Morgan fingerprint density at radius 1 is 1.62 bits per heavy atom. The van der Waals surface area contributed by atoms with Crippen molar-refractivity contribution in [3.05, 3.63) is 0 Å². The summed E-state index contributed by atoms with van der Waals surface area (Å²) in [5, 5.41) is 18.4. The molecule has 0 saturated carbocycles. The second-order valence-corrected chi connectivity index (χ2v) is 4.11. The smallest absolute Gasteiger partial charge is 0.306 e. The van der Waals surface area contributed by atoms with Crippen molar-refractivity contribution in [1.29, 1.82) is 0 Å². The number of nitrogens with zero attached hydrogens (tertiary/aromatic N) is 1. The van der Waals surface area contributed by atoms with Crippen LogP contribution in [-0.4, -0.2) is 45.8 Å². The average Bonchev–Trinajstić information content (AvgIpc) is 2.29. The predicted octanol–water partition coefficient (Wildman–Crippen LogP) is 0.306. The van der Waals surface area contributed by atoms with E-state index in [0.29, 0.717) is 19.0 Å². The summed E-state index contributed by atoms with van der Waals surface area (Å²) in [6.45, 7) is 5.37. The topological polar surface area (TPSA) is 60.8 Å². The van der Waals surface area contributed by atoms with Crippen molar-refractivity contribution in [3.63, 3.8) is 0 Å². The summed E-state index contributed by atoms with van der Waals surface area (Å²) < 4.78 is 0. The minimum atomic E-state index is -1.00. The molecule has 0 bridgehead atoms. The van der Waals surface area contributed by atoms with Crippen LogP contribution in [0.25, 0.3) is 0 Å². The number of aliphatic hydroxyl groups is 1. The van der Waals surface area contributed by atoms with Crippen LogP contribution in [0.1, 0.15) is 26.7 Å². The zero-order chi connectivity index (χ0) is 10.1. The Morgan fingerprint density at radius 3 is 2.62 bits per heavy atom. The van der Waals surface area contributed by atoms with Crippen LogP contribution in [0, 0.1) is 0 Å². The van der Waals surface area contributed by atoms with E-state index in [0.717, 1.165) is 6.54 Å². The molecule has 1 heterocycles. The van der Waals surface area contributed by atoms with Gasteiger partial charge in [-0.25, -0.2) is 0 Å². The molecule has 4 nitrogen and oxygen atoms in total. The highest BCUT2D eigenvalue weighted by Crippen LogP contribution is 2.25. The van der Waals surface area contributed by atoms with Crippen molar-refractivity contribution in [1.82, 2.24) is 4.90 Å². The normalized spacial score (nSPS) is 29.8. The number of aliphatic carboxylic acids is 1. The van der Waals surface area contributed by atoms with Gasteiger partial charge in [-0.1, -0.05) is 0 Å². The molecule has 1 rings (SSSR count). The van der Waals surface area contributed by atoms with E-state index in [-0.39, 0.29) is 6.42 Å². The number of carboxylic acid groups (broad SMARTS) is 1. The lowest BCUT2D eigenvalue weighted by Gasteiger charge is -2.23. The third kappa shape index (κ3) is 2.67. The quantitative estimate of drug-likeness (QED) is 0.667. The largest absolute Gasteiger partial charge is 0.481 e. The molecule has 1 atom stereocenters. The van der Waals surface area contributed by atoms with Crippen LogP contribution in [0.5, 0.6) is 0 Å². The third-order valence-electron chi connectivity index (χ3n) is 2.57. The number of rotatable bonds is 3. The van der Waals surface area contributed by atoms with Crippen molar-refractivity contribution in [2.24, 2.45) is 0 Å². The van der Waals surface area contributed by atoms with Gasteiger partial charge in [0.05, 0.1) is 12.0 Å². The highest BCUT2D eigenvalue weighted by atomic mass is 16.4. The number of hydrogen-bond acceptors (Lipinski definition) is 3. The van der Waals surface area contributed by atoms with Gasteiger partial charge in [0, 0.05) is 19.1 Å². The van der Waals surface area contributed by atoms with E-state index in [4.69, 9.17) is 5.11 Å². The average molecular weight is 187 g/mol. The first kappa shape index (κ1) is 10.5. The summed E-state index contributed by atoms with van der Waals surface area (Å²) in [4.78, 5) is 12.6. The summed E-state index contributed by atoms with van der Waals surface area (Å²) in [7, 11) is 0. The molecule has 1 aliphatic heterocycles. The summed E-state index contributed by atoms with van der Waals surface area (Å²) in [6.07, 6.45) is 0.424. The molecule has 0 radical (unpaired) electrons. The van der Waals surface area contributed by atoms with E-state index in [1.807, 2.05) is 13.8 Å². The van der Waals surface area contributed by atoms with Gasteiger partial charge in [-0.15, -0.1) is 0 Å². The van der Waals surface area contributed by atoms with E-state index in [9.17, 15) is 9.90 Å². The van der Waals surface area contributed by atoms with Gasteiger partial charge in [0.25, 0.3) is 0 Å². The number of β-amino-alcohol motifs (C(OH)–C–C–N with tert-alkyl or cyclic N) is 1. The molecule has 1 saturated heterocycles. The molecule has 2 N–H and O–H groups in total. The van der Waals surface area contributed by atoms with Crippen molar-refractivity contribution in [3.8, 4) is 0 Å². The molecule has 0 amide bonds. The van der Waals surface area contributed by atoms with Gasteiger partial charge in [0.15, 0.2) is 0 Å². The lowest BCUT2D eigenvalue weighted by atomic mass is 9.99. The zero-order valence-corrected chi connectivity index (χ0v) is 8.16. The maximum Gasteiger partial charge on any atom is 0.306 e. The van der Waals surface area contributed by atoms with Gasteiger partial charge in [0.2, 0.25) is 0 Å². The molecule has 1 unspecified atom stereocenters. The van der Waals surface area contributed by atoms with E-state index in [2.05, 4.69) is 4.90 Å². The third-order valence-corrected chi connectivity index (χ3v) is 2.57. The van der Waals surface area contributed by atoms with Crippen LogP contribution in [-0.2, 0) is 4.79 Å². The van der Waals surface area contributed by atoms with Crippen LogP contribution in [0.15, 0.2) is 0 Å². The van der Waals surface area contributed by atoms with E-state index >= 15 is 0 Å². The molecule has 0 aromatic heterocycles.